The molecule has 0 fully saturated rings. The molecule has 146 valence electrons. The fourth-order valence-electron chi connectivity index (χ4n) is 2.98. The lowest BCUT2D eigenvalue weighted by Gasteiger charge is -2.17. The normalized spacial score (nSPS) is 12.9. The number of hydrogen-bond acceptors (Lipinski definition) is 5. The van der Waals surface area contributed by atoms with Crippen molar-refractivity contribution in [1.29, 1.82) is 0 Å². The molecule has 2 aromatic rings. The van der Waals surface area contributed by atoms with Gasteiger partial charge in [-0.1, -0.05) is 12.1 Å². The maximum absolute atomic E-state index is 13.2. The van der Waals surface area contributed by atoms with Crippen molar-refractivity contribution in [2.45, 2.75) is 19.1 Å². The molecule has 1 heterocycles. The van der Waals surface area contributed by atoms with E-state index in [2.05, 4.69) is 5.32 Å². The first-order chi connectivity index (χ1) is 12.9. The third-order valence-corrected chi connectivity index (χ3v) is 4.23. The Morgan fingerprint density at radius 1 is 1.07 bits per heavy atom. The zero-order chi connectivity index (χ0) is 19.4. The smallest absolute Gasteiger partial charge is 0.423 e. The molecular weight excluding hydrogens is 363 g/mol. The first-order valence-corrected chi connectivity index (χ1v) is 8.34. The molecule has 0 spiro atoms. The third-order valence-electron chi connectivity index (χ3n) is 4.23. The fraction of sp³-hybridized carbons (Fsp3) is 0.368. The molecule has 1 aliphatic rings. The van der Waals surface area contributed by atoms with Gasteiger partial charge in [0.15, 0.2) is 11.5 Å². The minimum Gasteiger partial charge on any atom is -0.496 e. The monoisotopic (exact) mass is 383 g/mol. The van der Waals surface area contributed by atoms with Crippen LogP contribution in [0, 0.1) is 0 Å². The number of hydrogen-bond donors (Lipinski definition) is 1. The Balaban J connectivity index is 1.65. The van der Waals surface area contributed by atoms with E-state index in [1.165, 1.54) is 26.4 Å². The van der Waals surface area contributed by atoms with Crippen molar-refractivity contribution in [3.05, 3.63) is 47.0 Å². The van der Waals surface area contributed by atoms with Gasteiger partial charge in [-0.15, -0.1) is 0 Å². The Morgan fingerprint density at radius 2 is 1.78 bits per heavy atom. The number of nitrogens with one attached hydrogen (secondary N) is 1. The first-order valence-electron chi connectivity index (χ1n) is 8.34. The van der Waals surface area contributed by atoms with Crippen LogP contribution in [0.2, 0.25) is 0 Å². The third kappa shape index (κ3) is 4.21. The Bertz CT molecular complexity index is 783. The molecule has 0 aliphatic carbocycles. The Kier molecular flexibility index (Phi) is 5.65. The minimum absolute atomic E-state index is 0.206. The summed E-state index contributed by atoms with van der Waals surface area (Å²) in [6, 6.07) is 8.45. The van der Waals surface area contributed by atoms with Crippen LogP contribution in [0.15, 0.2) is 30.3 Å². The lowest BCUT2D eigenvalue weighted by Crippen LogP contribution is -2.17. The van der Waals surface area contributed by atoms with E-state index in [1.54, 1.807) is 0 Å². The predicted octanol–water partition coefficient (Wildman–Crippen LogP) is 3.78. The average Bonchev–Trinajstić information content (AvgIpc) is 3.13. The molecule has 0 aromatic heterocycles. The average molecular weight is 383 g/mol. The summed E-state index contributed by atoms with van der Waals surface area (Å²) in [5, 5.41) is 3.26. The summed E-state index contributed by atoms with van der Waals surface area (Å²) in [5.41, 5.74) is 0.746. The minimum atomic E-state index is -4.55. The van der Waals surface area contributed by atoms with Gasteiger partial charge in [-0.3, -0.25) is 0 Å². The van der Waals surface area contributed by atoms with Crippen molar-refractivity contribution in [3.63, 3.8) is 0 Å². The summed E-state index contributed by atoms with van der Waals surface area (Å²) in [4.78, 5) is 0. The summed E-state index contributed by atoms with van der Waals surface area (Å²) >= 11 is 0. The largest absolute Gasteiger partial charge is 0.496 e. The van der Waals surface area contributed by atoms with Crippen LogP contribution in [0.25, 0.3) is 0 Å². The van der Waals surface area contributed by atoms with E-state index in [9.17, 15) is 13.2 Å². The molecule has 0 saturated heterocycles. The van der Waals surface area contributed by atoms with Crippen LogP contribution in [-0.4, -0.2) is 27.6 Å². The molecule has 0 amide bonds. The van der Waals surface area contributed by atoms with Crippen molar-refractivity contribution in [2.24, 2.45) is 0 Å². The Morgan fingerprint density at radius 3 is 2.41 bits per heavy atom. The zero-order valence-electron chi connectivity index (χ0n) is 15.0. The molecule has 1 N–H and O–H groups in total. The summed E-state index contributed by atoms with van der Waals surface area (Å²) in [5.74, 6) is 0.945. The molecule has 27 heavy (non-hydrogen) atoms. The van der Waals surface area contributed by atoms with Crippen LogP contribution in [0.4, 0.5) is 13.2 Å². The number of fused-ring (bicyclic) bond motifs is 1. The summed E-state index contributed by atoms with van der Waals surface area (Å²) < 4.78 is 60.3. The zero-order valence-corrected chi connectivity index (χ0v) is 15.0. The van der Waals surface area contributed by atoms with E-state index in [1.807, 2.05) is 18.2 Å². The van der Waals surface area contributed by atoms with Crippen LogP contribution in [0.1, 0.15) is 16.7 Å². The highest BCUT2D eigenvalue weighted by molar-refractivity contribution is 5.50. The number of methoxy groups -OCH3 is 2. The second-order valence-electron chi connectivity index (χ2n) is 5.95. The molecule has 8 heteroatoms. The maximum Gasteiger partial charge on any atom is 0.423 e. The Hall–Kier alpha value is -2.61. The maximum atomic E-state index is 13.2. The van der Waals surface area contributed by atoms with E-state index in [0.29, 0.717) is 30.8 Å². The van der Waals surface area contributed by atoms with Gasteiger partial charge in [0.25, 0.3) is 0 Å². The predicted molar refractivity (Wildman–Crippen MR) is 92.5 cm³/mol. The van der Waals surface area contributed by atoms with Crippen LogP contribution >= 0.6 is 0 Å². The highest BCUT2D eigenvalue weighted by Crippen LogP contribution is 2.43. The van der Waals surface area contributed by atoms with Crippen molar-refractivity contribution in [1.82, 2.24) is 5.32 Å². The number of para-hydroxylation sites is 1. The van der Waals surface area contributed by atoms with Gasteiger partial charge in [-0.05, 0) is 36.7 Å². The van der Waals surface area contributed by atoms with Gasteiger partial charge in [0.1, 0.15) is 17.1 Å². The molecule has 0 unspecified atom stereocenters. The lowest BCUT2D eigenvalue weighted by molar-refractivity contribution is -0.139. The standard InChI is InChI=1S/C19H20F3NO4/c1-24-15-8-12(9-16(25-2)17(15)19(20,21)22)6-7-23-10-13-4-3-5-14-18(13)27-11-26-14/h3-5,8-9,23H,6-7,10-11H2,1-2H3. The first kappa shape index (κ1) is 19.2. The van der Waals surface area contributed by atoms with Crippen molar-refractivity contribution < 1.29 is 32.1 Å². The SMILES string of the molecule is COc1cc(CCNCc2cccc3c2OCO3)cc(OC)c1C(F)(F)F. The highest BCUT2D eigenvalue weighted by atomic mass is 19.4. The second kappa shape index (κ2) is 7.96. The summed E-state index contributed by atoms with van der Waals surface area (Å²) in [6.07, 6.45) is -4.04. The molecule has 2 aromatic carbocycles. The summed E-state index contributed by atoms with van der Waals surface area (Å²) in [7, 11) is 2.42. The molecule has 5 nitrogen and oxygen atoms in total. The van der Waals surface area contributed by atoms with E-state index < -0.39 is 11.7 Å². The summed E-state index contributed by atoms with van der Waals surface area (Å²) in [6.45, 7) is 1.32. The van der Waals surface area contributed by atoms with Crippen molar-refractivity contribution in [2.75, 3.05) is 27.6 Å². The van der Waals surface area contributed by atoms with E-state index in [4.69, 9.17) is 18.9 Å². The van der Waals surface area contributed by atoms with Gasteiger partial charge in [-0.2, -0.15) is 13.2 Å². The molecule has 0 bridgehead atoms. The molecule has 1 aliphatic heterocycles. The van der Waals surface area contributed by atoms with Gasteiger partial charge >= 0.3 is 6.18 Å². The number of benzene rings is 2. The van der Waals surface area contributed by atoms with E-state index in [0.717, 1.165) is 11.3 Å². The van der Waals surface area contributed by atoms with Gasteiger partial charge in [0.2, 0.25) is 6.79 Å². The number of rotatable bonds is 7. The van der Waals surface area contributed by atoms with Gasteiger partial charge in [0.05, 0.1) is 14.2 Å². The molecule has 0 atom stereocenters. The highest BCUT2D eigenvalue weighted by Gasteiger charge is 2.38. The quantitative estimate of drug-likeness (QED) is 0.738. The topological polar surface area (TPSA) is 49.0 Å². The Labute approximate surface area is 155 Å². The number of ether oxygens (including phenoxy) is 4. The number of halogens is 3. The van der Waals surface area contributed by atoms with Crippen LogP contribution in [0.3, 0.4) is 0 Å². The second-order valence-corrected chi connectivity index (χ2v) is 5.95. The van der Waals surface area contributed by atoms with Gasteiger partial charge in [0, 0.05) is 12.1 Å². The molecule has 0 radical (unpaired) electrons. The van der Waals surface area contributed by atoms with Crippen LogP contribution in [-0.2, 0) is 19.1 Å². The molecule has 3 rings (SSSR count). The molecular formula is C19H20F3NO4. The van der Waals surface area contributed by atoms with E-state index >= 15 is 0 Å². The van der Waals surface area contributed by atoms with E-state index in [-0.39, 0.29) is 18.3 Å². The van der Waals surface area contributed by atoms with Gasteiger partial charge in [-0.25, -0.2) is 0 Å². The molecule has 0 saturated carbocycles. The number of alkyl halides is 3. The van der Waals surface area contributed by atoms with Crippen LogP contribution < -0.4 is 24.3 Å². The van der Waals surface area contributed by atoms with Crippen molar-refractivity contribution >= 4 is 0 Å². The van der Waals surface area contributed by atoms with Crippen LogP contribution in [0.5, 0.6) is 23.0 Å². The van der Waals surface area contributed by atoms with Crippen molar-refractivity contribution in [3.8, 4) is 23.0 Å². The fourth-order valence-corrected chi connectivity index (χ4v) is 2.98. The lowest BCUT2D eigenvalue weighted by atomic mass is 10.1. The van der Waals surface area contributed by atoms with Gasteiger partial charge < -0.3 is 24.3 Å².